The number of nitrogens with one attached hydrogen (secondary N) is 1. The van der Waals surface area contributed by atoms with Crippen LogP contribution in [-0.4, -0.2) is 33.1 Å². The predicted octanol–water partition coefficient (Wildman–Crippen LogP) is 1.56. The zero-order valence-electron chi connectivity index (χ0n) is 10.4. The number of ether oxygens (including phenoxy) is 1. The molecule has 0 bridgehead atoms. The Morgan fingerprint density at radius 1 is 1.50 bits per heavy atom. The number of hydrogen-bond acceptors (Lipinski definition) is 5. The van der Waals surface area contributed by atoms with Crippen LogP contribution in [0.25, 0.3) is 0 Å². The van der Waals surface area contributed by atoms with E-state index < -0.39 is 14.9 Å². The molecule has 0 spiro atoms. The molecule has 7 nitrogen and oxygen atoms in total. The third-order valence-corrected chi connectivity index (χ3v) is 4.91. The molecule has 1 aromatic rings. The molecule has 1 heterocycles. The van der Waals surface area contributed by atoms with Gasteiger partial charge in [0, 0.05) is 25.3 Å². The molecule has 1 fully saturated rings. The van der Waals surface area contributed by atoms with Crippen LogP contribution in [0.3, 0.4) is 0 Å². The average Bonchev–Trinajstić information content (AvgIpc) is 2.89. The van der Waals surface area contributed by atoms with Gasteiger partial charge in [0.05, 0.1) is 16.6 Å². The van der Waals surface area contributed by atoms with Crippen LogP contribution in [0.15, 0.2) is 23.1 Å². The summed E-state index contributed by atoms with van der Waals surface area (Å²) < 4.78 is 31.8. The highest BCUT2D eigenvalue weighted by atomic mass is 35.5. The summed E-state index contributed by atoms with van der Waals surface area (Å²) in [5, 5.41) is 10.6. The summed E-state index contributed by atoms with van der Waals surface area (Å²) >= 11 is 5.81. The van der Waals surface area contributed by atoms with Crippen LogP contribution in [0.4, 0.5) is 5.69 Å². The molecule has 1 aliphatic heterocycles. The van der Waals surface area contributed by atoms with E-state index in [-0.39, 0.29) is 28.1 Å². The summed E-state index contributed by atoms with van der Waals surface area (Å²) in [7, 11) is -3.88. The largest absolute Gasteiger partial charge is 0.381 e. The SMILES string of the molecule is O=[N+]([O-])c1ccc(Cl)c(S(=O)(=O)NCC2CCOC2)c1. The van der Waals surface area contributed by atoms with Crippen LogP contribution in [0.1, 0.15) is 6.42 Å². The van der Waals surface area contributed by atoms with Crippen LogP contribution in [-0.2, 0) is 14.8 Å². The minimum absolute atomic E-state index is 0.0502. The van der Waals surface area contributed by atoms with Crippen molar-refractivity contribution < 1.29 is 18.1 Å². The maximum Gasteiger partial charge on any atom is 0.270 e. The normalized spacial score (nSPS) is 19.1. The highest BCUT2D eigenvalue weighted by Gasteiger charge is 2.24. The fourth-order valence-corrected chi connectivity index (χ4v) is 3.49. The van der Waals surface area contributed by atoms with Gasteiger partial charge in [-0.25, -0.2) is 13.1 Å². The fraction of sp³-hybridized carbons (Fsp3) is 0.455. The maximum absolute atomic E-state index is 12.1. The van der Waals surface area contributed by atoms with Crippen molar-refractivity contribution in [3.05, 3.63) is 33.3 Å². The maximum atomic E-state index is 12.1. The second-order valence-corrected chi connectivity index (χ2v) is 6.60. The molecular weight excluding hydrogens is 308 g/mol. The van der Waals surface area contributed by atoms with Gasteiger partial charge in [0.25, 0.3) is 5.69 Å². The lowest BCUT2D eigenvalue weighted by Crippen LogP contribution is -2.29. The summed E-state index contributed by atoms with van der Waals surface area (Å²) in [6.45, 7) is 1.34. The molecule has 0 aromatic heterocycles. The monoisotopic (exact) mass is 320 g/mol. The zero-order chi connectivity index (χ0) is 14.8. The van der Waals surface area contributed by atoms with Crippen molar-refractivity contribution in [3.63, 3.8) is 0 Å². The molecule has 0 saturated carbocycles. The lowest BCUT2D eigenvalue weighted by Gasteiger charge is -2.11. The van der Waals surface area contributed by atoms with E-state index in [4.69, 9.17) is 16.3 Å². The van der Waals surface area contributed by atoms with Gasteiger partial charge in [-0.15, -0.1) is 0 Å². The van der Waals surface area contributed by atoms with Crippen LogP contribution < -0.4 is 4.72 Å². The van der Waals surface area contributed by atoms with Gasteiger partial charge in [-0.1, -0.05) is 11.6 Å². The second kappa shape index (κ2) is 6.04. The molecule has 110 valence electrons. The minimum Gasteiger partial charge on any atom is -0.381 e. The van der Waals surface area contributed by atoms with Crippen molar-refractivity contribution in [1.82, 2.24) is 4.72 Å². The third kappa shape index (κ3) is 3.45. The molecule has 1 unspecified atom stereocenters. The predicted molar refractivity (Wildman–Crippen MR) is 72.2 cm³/mol. The topological polar surface area (TPSA) is 98.5 Å². The summed E-state index contributed by atoms with van der Waals surface area (Å²) in [6, 6.07) is 3.31. The Morgan fingerprint density at radius 2 is 2.25 bits per heavy atom. The summed E-state index contributed by atoms with van der Waals surface area (Å²) in [5.41, 5.74) is -0.320. The first kappa shape index (κ1) is 15.2. The highest BCUT2D eigenvalue weighted by molar-refractivity contribution is 7.89. The van der Waals surface area contributed by atoms with Gasteiger partial charge in [0.1, 0.15) is 4.90 Å². The molecule has 1 saturated heterocycles. The molecule has 0 aliphatic carbocycles. The molecule has 1 aliphatic rings. The van der Waals surface area contributed by atoms with E-state index in [0.717, 1.165) is 18.6 Å². The Kier molecular flexibility index (Phi) is 4.59. The Bertz CT molecular complexity index is 613. The van der Waals surface area contributed by atoms with E-state index in [1.165, 1.54) is 6.07 Å². The number of hydrogen-bond donors (Lipinski definition) is 1. The van der Waals surface area contributed by atoms with Gasteiger partial charge in [0.15, 0.2) is 0 Å². The number of benzene rings is 1. The van der Waals surface area contributed by atoms with Gasteiger partial charge >= 0.3 is 0 Å². The van der Waals surface area contributed by atoms with Gasteiger partial charge in [-0.2, -0.15) is 0 Å². The van der Waals surface area contributed by atoms with Crippen LogP contribution in [0, 0.1) is 16.0 Å². The number of non-ortho nitro benzene ring substituents is 1. The van der Waals surface area contributed by atoms with Gasteiger partial charge in [-0.3, -0.25) is 10.1 Å². The number of nitro groups is 1. The molecule has 20 heavy (non-hydrogen) atoms. The van der Waals surface area contributed by atoms with E-state index in [1.54, 1.807) is 0 Å². The first-order valence-corrected chi connectivity index (χ1v) is 7.77. The fourth-order valence-electron chi connectivity index (χ4n) is 1.86. The minimum atomic E-state index is -3.88. The van der Waals surface area contributed by atoms with Crippen molar-refractivity contribution in [2.45, 2.75) is 11.3 Å². The number of rotatable bonds is 5. The Balaban J connectivity index is 2.19. The second-order valence-electron chi connectivity index (χ2n) is 4.45. The highest BCUT2D eigenvalue weighted by Crippen LogP contribution is 2.26. The summed E-state index contributed by atoms with van der Waals surface area (Å²) in [6.07, 6.45) is 0.783. The molecule has 1 atom stereocenters. The molecule has 1 N–H and O–H groups in total. The summed E-state index contributed by atoms with van der Waals surface area (Å²) in [5.74, 6) is 0.113. The van der Waals surface area contributed by atoms with E-state index in [2.05, 4.69) is 4.72 Å². The first-order chi connectivity index (χ1) is 9.40. The molecule has 9 heteroatoms. The molecule has 2 rings (SSSR count). The van der Waals surface area contributed by atoms with Crippen molar-refractivity contribution in [1.29, 1.82) is 0 Å². The van der Waals surface area contributed by atoms with Crippen molar-refractivity contribution in [3.8, 4) is 0 Å². The third-order valence-electron chi connectivity index (χ3n) is 3.00. The number of nitrogens with zero attached hydrogens (tertiary/aromatic N) is 1. The Hall–Kier alpha value is -1.22. The zero-order valence-corrected chi connectivity index (χ0v) is 12.0. The van der Waals surface area contributed by atoms with E-state index in [9.17, 15) is 18.5 Å². The van der Waals surface area contributed by atoms with Crippen LogP contribution in [0.5, 0.6) is 0 Å². The number of halogens is 1. The summed E-state index contributed by atoms with van der Waals surface area (Å²) in [4.78, 5) is 9.74. The standard InChI is InChI=1S/C11H13ClN2O5S/c12-10-2-1-9(14(15)16)5-11(10)20(17,18)13-6-8-3-4-19-7-8/h1-2,5,8,13H,3-4,6-7H2. The average molecular weight is 321 g/mol. The smallest absolute Gasteiger partial charge is 0.270 e. The first-order valence-electron chi connectivity index (χ1n) is 5.91. The molecule has 0 radical (unpaired) electrons. The Labute approximate surface area is 121 Å². The molecule has 1 aromatic carbocycles. The van der Waals surface area contributed by atoms with Gasteiger partial charge in [-0.05, 0) is 18.4 Å². The molecule has 0 amide bonds. The quantitative estimate of drug-likeness (QED) is 0.655. The van der Waals surface area contributed by atoms with E-state index in [1.807, 2.05) is 0 Å². The van der Waals surface area contributed by atoms with E-state index >= 15 is 0 Å². The van der Waals surface area contributed by atoms with E-state index in [0.29, 0.717) is 13.2 Å². The van der Waals surface area contributed by atoms with Crippen molar-refractivity contribution >= 4 is 27.3 Å². The van der Waals surface area contributed by atoms with Crippen LogP contribution >= 0.6 is 11.6 Å². The van der Waals surface area contributed by atoms with Gasteiger partial charge in [0.2, 0.25) is 10.0 Å². The lowest BCUT2D eigenvalue weighted by molar-refractivity contribution is -0.385. The molecular formula is C11H13ClN2O5S. The number of nitro benzene ring substituents is 1. The lowest BCUT2D eigenvalue weighted by atomic mass is 10.1. The van der Waals surface area contributed by atoms with Crippen LogP contribution in [0.2, 0.25) is 5.02 Å². The van der Waals surface area contributed by atoms with Gasteiger partial charge < -0.3 is 4.74 Å². The van der Waals surface area contributed by atoms with Crippen molar-refractivity contribution in [2.24, 2.45) is 5.92 Å². The number of sulfonamides is 1. The van der Waals surface area contributed by atoms with Crippen molar-refractivity contribution in [2.75, 3.05) is 19.8 Å². The Morgan fingerprint density at radius 3 is 2.85 bits per heavy atom.